The summed E-state index contributed by atoms with van der Waals surface area (Å²) in [7, 11) is 0. The van der Waals surface area contributed by atoms with E-state index in [2.05, 4.69) is 5.32 Å². The summed E-state index contributed by atoms with van der Waals surface area (Å²) in [5.41, 5.74) is 0. The smallest absolute Gasteiger partial charge is 0.407 e. The van der Waals surface area contributed by atoms with Gasteiger partial charge in [-0.25, -0.2) is 13.6 Å². The van der Waals surface area contributed by atoms with Gasteiger partial charge in [-0.3, -0.25) is 4.79 Å². The highest BCUT2D eigenvalue weighted by Gasteiger charge is 2.37. The highest BCUT2D eigenvalue weighted by Crippen LogP contribution is 2.22. The van der Waals surface area contributed by atoms with Gasteiger partial charge in [-0.15, -0.1) is 11.3 Å². The molecule has 2 N–H and O–H groups in total. The number of hydrogen-bond acceptors (Lipinski definition) is 4. The predicted octanol–water partition coefficient (Wildman–Crippen LogP) is 2.14. The van der Waals surface area contributed by atoms with Crippen LogP contribution in [0.3, 0.4) is 0 Å². The van der Waals surface area contributed by atoms with Crippen LogP contribution >= 0.6 is 22.9 Å². The van der Waals surface area contributed by atoms with Gasteiger partial charge in [0.2, 0.25) is 0 Å². The fraction of sp³-hybridized carbons (Fsp3) is 0.500. The molecule has 2 atom stereocenters. The minimum absolute atomic E-state index is 0.0198. The Morgan fingerprint density at radius 2 is 2.23 bits per heavy atom. The van der Waals surface area contributed by atoms with E-state index in [0.29, 0.717) is 9.21 Å². The molecule has 6 nitrogen and oxygen atoms in total. The van der Waals surface area contributed by atoms with Crippen LogP contribution in [-0.4, -0.2) is 60.3 Å². The molecule has 0 bridgehead atoms. The monoisotopic (exact) mass is 354 g/mol. The Morgan fingerprint density at radius 1 is 1.50 bits per heavy atom. The van der Waals surface area contributed by atoms with E-state index in [0.717, 1.165) is 16.2 Å². The Labute approximate surface area is 133 Å². The highest BCUT2D eigenvalue weighted by atomic mass is 35.5. The number of likely N-dealkylation sites (tertiary alicyclic amines) is 1. The van der Waals surface area contributed by atoms with Crippen molar-refractivity contribution in [3.05, 3.63) is 21.3 Å². The number of alkyl halides is 2. The van der Waals surface area contributed by atoms with Gasteiger partial charge in [0.1, 0.15) is 6.61 Å². The third kappa shape index (κ3) is 4.28. The van der Waals surface area contributed by atoms with E-state index in [9.17, 15) is 18.4 Å². The molecular formula is C12H13ClF2N2O4S. The number of carbonyl (C=O) groups excluding carboxylic acids is 1. The molecule has 1 saturated heterocycles. The van der Waals surface area contributed by atoms with E-state index in [4.69, 9.17) is 21.4 Å². The maximum Gasteiger partial charge on any atom is 0.407 e. The summed E-state index contributed by atoms with van der Waals surface area (Å²) in [5.74, 6) is -0.445. The lowest BCUT2D eigenvalue weighted by Crippen LogP contribution is -2.44. The molecule has 2 amide bonds. The van der Waals surface area contributed by atoms with E-state index in [1.807, 2.05) is 0 Å². The van der Waals surface area contributed by atoms with Crippen molar-refractivity contribution in [2.24, 2.45) is 0 Å². The van der Waals surface area contributed by atoms with Gasteiger partial charge >= 0.3 is 6.09 Å². The second kappa shape index (κ2) is 7.21. The summed E-state index contributed by atoms with van der Waals surface area (Å²) >= 11 is 6.81. The number of halogens is 3. The van der Waals surface area contributed by atoms with Crippen LogP contribution in [0.4, 0.5) is 13.6 Å². The van der Waals surface area contributed by atoms with E-state index in [1.165, 1.54) is 6.07 Å². The normalized spacial score (nSPS) is 21.4. The molecule has 0 saturated carbocycles. The third-order valence-corrected chi connectivity index (χ3v) is 4.32. The predicted molar refractivity (Wildman–Crippen MR) is 75.9 cm³/mol. The number of hydrogen-bond donors (Lipinski definition) is 2. The van der Waals surface area contributed by atoms with Crippen molar-refractivity contribution in [1.29, 1.82) is 0 Å². The molecule has 1 aromatic heterocycles. The van der Waals surface area contributed by atoms with Crippen molar-refractivity contribution >= 4 is 34.9 Å². The molecule has 22 heavy (non-hydrogen) atoms. The first-order chi connectivity index (χ1) is 10.4. The Bertz CT molecular complexity index is 557. The van der Waals surface area contributed by atoms with Crippen molar-refractivity contribution in [3.8, 4) is 0 Å². The molecular weight excluding hydrogens is 342 g/mol. The van der Waals surface area contributed by atoms with Crippen molar-refractivity contribution in [1.82, 2.24) is 10.2 Å². The SMILES string of the molecule is O=C(N[C@H]1CN(C(=O)O)C[C@@H]1OCC(F)F)c1ccc(Cl)s1. The summed E-state index contributed by atoms with van der Waals surface area (Å²) in [6.07, 6.45) is -4.67. The molecule has 122 valence electrons. The lowest BCUT2D eigenvalue weighted by atomic mass is 10.2. The Hall–Kier alpha value is -1.45. The quantitative estimate of drug-likeness (QED) is 0.849. The molecule has 1 aliphatic heterocycles. The Morgan fingerprint density at radius 3 is 2.77 bits per heavy atom. The van der Waals surface area contributed by atoms with Crippen LogP contribution in [0, 0.1) is 0 Å². The van der Waals surface area contributed by atoms with Crippen LogP contribution in [0.5, 0.6) is 0 Å². The van der Waals surface area contributed by atoms with E-state index >= 15 is 0 Å². The summed E-state index contributed by atoms with van der Waals surface area (Å²) in [5, 5.41) is 11.6. The van der Waals surface area contributed by atoms with Gasteiger partial charge in [-0.05, 0) is 12.1 Å². The Balaban J connectivity index is 2.01. The summed E-state index contributed by atoms with van der Waals surface area (Å²) < 4.78 is 29.9. The summed E-state index contributed by atoms with van der Waals surface area (Å²) in [6.45, 7) is -0.901. The van der Waals surface area contributed by atoms with Crippen LogP contribution in [0.15, 0.2) is 12.1 Å². The number of carboxylic acid groups (broad SMARTS) is 1. The van der Waals surface area contributed by atoms with Gasteiger partial charge in [0.25, 0.3) is 12.3 Å². The lowest BCUT2D eigenvalue weighted by molar-refractivity contribution is -0.0264. The van der Waals surface area contributed by atoms with Gasteiger partial charge < -0.3 is 20.1 Å². The van der Waals surface area contributed by atoms with Crippen LogP contribution in [-0.2, 0) is 4.74 Å². The second-order valence-electron chi connectivity index (χ2n) is 4.63. The van der Waals surface area contributed by atoms with Gasteiger partial charge in [0.05, 0.1) is 27.9 Å². The first-order valence-electron chi connectivity index (χ1n) is 6.30. The van der Waals surface area contributed by atoms with Gasteiger partial charge in [0.15, 0.2) is 0 Å². The molecule has 1 fully saturated rings. The third-order valence-electron chi connectivity index (χ3n) is 3.09. The van der Waals surface area contributed by atoms with Crippen molar-refractivity contribution in [2.75, 3.05) is 19.7 Å². The number of rotatable bonds is 5. The molecule has 1 aliphatic rings. The van der Waals surface area contributed by atoms with Gasteiger partial charge in [0, 0.05) is 6.54 Å². The van der Waals surface area contributed by atoms with Crippen molar-refractivity contribution < 1.29 is 28.2 Å². The molecule has 0 spiro atoms. The first-order valence-corrected chi connectivity index (χ1v) is 7.50. The molecule has 0 aliphatic carbocycles. The standard InChI is InChI=1S/C12H13ClF2N2O4S/c13-9-2-1-8(22-9)11(18)16-6-3-17(12(19)20)4-7(6)21-5-10(14)15/h1-2,6-7,10H,3-5H2,(H,16,18)(H,19,20)/t6-,7-/m0/s1. The highest BCUT2D eigenvalue weighted by molar-refractivity contribution is 7.17. The maximum atomic E-state index is 12.2. The number of nitrogens with zero attached hydrogens (tertiary/aromatic N) is 1. The zero-order valence-electron chi connectivity index (χ0n) is 11.2. The van der Waals surface area contributed by atoms with Crippen molar-refractivity contribution in [3.63, 3.8) is 0 Å². The molecule has 10 heteroatoms. The molecule has 0 radical (unpaired) electrons. The second-order valence-corrected chi connectivity index (χ2v) is 6.35. The molecule has 1 aromatic rings. The van der Waals surface area contributed by atoms with Crippen molar-refractivity contribution in [2.45, 2.75) is 18.6 Å². The largest absolute Gasteiger partial charge is 0.465 e. The number of thiophene rings is 1. The number of ether oxygens (including phenoxy) is 1. The molecule has 0 unspecified atom stereocenters. The van der Waals surface area contributed by atoms with Gasteiger partial charge in [-0.2, -0.15) is 0 Å². The Kier molecular flexibility index (Phi) is 5.54. The average molecular weight is 355 g/mol. The number of carbonyl (C=O) groups is 2. The van der Waals surface area contributed by atoms with Gasteiger partial charge in [-0.1, -0.05) is 11.6 Å². The van der Waals surface area contributed by atoms with E-state index in [1.54, 1.807) is 6.07 Å². The maximum absolute atomic E-state index is 12.2. The molecule has 0 aromatic carbocycles. The van der Waals surface area contributed by atoms with E-state index in [-0.39, 0.29) is 13.1 Å². The fourth-order valence-electron chi connectivity index (χ4n) is 2.11. The van der Waals surface area contributed by atoms with Crippen LogP contribution < -0.4 is 5.32 Å². The van der Waals surface area contributed by atoms with Crippen LogP contribution in [0.25, 0.3) is 0 Å². The van der Waals surface area contributed by atoms with E-state index < -0.39 is 37.2 Å². The number of amides is 2. The number of nitrogens with one attached hydrogen (secondary N) is 1. The summed E-state index contributed by atoms with van der Waals surface area (Å²) in [4.78, 5) is 24.4. The van der Waals surface area contributed by atoms with Crippen LogP contribution in [0.2, 0.25) is 4.34 Å². The molecule has 2 rings (SSSR count). The minimum Gasteiger partial charge on any atom is -0.465 e. The summed E-state index contributed by atoms with van der Waals surface area (Å²) in [6, 6.07) is 2.40. The fourth-order valence-corrected chi connectivity index (χ4v) is 3.06. The average Bonchev–Trinajstić information content (AvgIpc) is 3.03. The molecule has 2 heterocycles. The first kappa shape index (κ1) is 16.9. The zero-order chi connectivity index (χ0) is 16.3. The van der Waals surface area contributed by atoms with Crippen LogP contribution in [0.1, 0.15) is 9.67 Å². The zero-order valence-corrected chi connectivity index (χ0v) is 12.7. The minimum atomic E-state index is -2.66. The lowest BCUT2D eigenvalue weighted by Gasteiger charge is -2.19. The topological polar surface area (TPSA) is 78.9 Å².